The van der Waals surface area contributed by atoms with Crippen molar-refractivity contribution < 1.29 is 9.59 Å². The van der Waals surface area contributed by atoms with Crippen LogP contribution in [0.4, 0.5) is 11.4 Å². The van der Waals surface area contributed by atoms with Crippen molar-refractivity contribution in [3.8, 4) is 10.4 Å². The molecule has 0 saturated heterocycles. The summed E-state index contributed by atoms with van der Waals surface area (Å²) in [5.74, 6) is -0.445. The van der Waals surface area contributed by atoms with Gasteiger partial charge in [0.15, 0.2) is 0 Å². The largest absolute Gasteiger partial charge is 0.324 e. The van der Waals surface area contributed by atoms with Crippen molar-refractivity contribution in [3.05, 3.63) is 77.9 Å². The Morgan fingerprint density at radius 2 is 2.00 bits per heavy atom. The highest BCUT2D eigenvalue weighted by molar-refractivity contribution is 7.21. The summed E-state index contributed by atoms with van der Waals surface area (Å²) in [5.41, 5.74) is 5.34. The Balaban J connectivity index is 1.13. The van der Waals surface area contributed by atoms with E-state index in [-0.39, 0.29) is 18.4 Å². The van der Waals surface area contributed by atoms with Gasteiger partial charge in [-0.25, -0.2) is 4.52 Å². The highest BCUT2D eigenvalue weighted by atomic mass is 32.1. The smallest absolute Gasteiger partial charge is 0.260 e. The number of anilines is 2. The molecule has 2 amide bonds. The van der Waals surface area contributed by atoms with E-state index in [1.807, 2.05) is 25.5 Å². The van der Waals surface area contributed by atoms with E-state index in [4.69, 9.17) is 0 Å². The molecule has 0 fully saturated rings. The number of carbonyl (C=O) groups excluding carboxylic acids is 2. The van der Waals surface area contributed by atoms with Gasteiger partial charge in [-0.2, -0.15) is 10.2 Å². The summed E-state index contributed by atoms with van der Waals surface area (Å²) >= 11 is 1.47. The summed E-state index contributed by atoms with van der Waals surface area (Å²) in [6.45, 7) is 3.49. The van der Waals surface area contributed by atoms with Gasteiger partial charge in [-0.05, 0) is 31.0 Å². The van der Waals surface area contributed by atoms with E-state index in [1.165, 1.54) is 16.9 Å². The van der Waals surface area contributed by atoms with E-state index < -0.39 is 0 Å². The van der Waals surface area contributed by atoms with Gasteiger partial charge in [-0.1, -0.05) is 6.07 Å². The molecule has 12 heteroatoms. The molecule has 11 nitrogen and oxygen atoms in total. The fraction of sp³-hybridized carbons (Fsp3) is 0.231. The van der Waals surface area contributed by atoms with Crippen molar-refractivity contribution in [3.63, 3.8) is 0 Å². The third-order valence-electron chi connectivity index (χ3n) is 6.47. The van der Waals surface area contributed by atoms with Crippen LogP contribution in [0.3, 0.4) is 0 Å². The summed E-state index contributed by atoms with van der Waals surface area (Å²) in [4.78, 5) is 38.5. The zero-order valence-electron chi connectivity index (χ0n) is 20.9. The number of pyridine rings is 2. The fourth-order valence-corrected chi connectivity index (χ4v) is 5.52. The number of amides is 2. The lowest BCUT2D eigenvalue weighted by Crippen LogP contribution is -2.37. The van der Waals surface area contributed by atoms with Crippen LogP contribution in [0.5, 0.6) is 0 Å². The van der Waals surface area contributed by atoms with E-state index in [0.29, 0.717) is 29.2 Å². The molecular weight excluding hydrogens is 502 g/mol. The average Bonchev–Trinajstić information content (AvgIpc) is 3.61. The first-order chi connectivity index (χ1) is 18.4. The number of hydrogen-bond acceptors (Lipinski definition) is 8. The normalized spacial score (nSPS) is 13.4. The molecule has 192 valence electrons. The minimum absolute atomic E-state index is 0.146. The lowest BCUT2D eigenvalue weighted by atomic mass is 10.1. The van der Waals surface area contributed by atoms with Gasteiger partial charge >= 0.3 is 0 Å². The quantitative estimate of drug-likeness (QED) is 0.348. The molecule has 6 rings (SSSR count). The third kappa shape index (κ3) is 4.78. The first-order valence-corrected chi connectivity index (χ1v) is 12.9. The van der Waals surface area contributed by atoms with Crippen LogP contribution < -0.4 is 10.6 Å². The van der Waals surface area contributed by atoms with Crippen LogP contribution in [0.1, 0.15) is 27.3 Å². The molecule has 6 heterocycles. The van der Waals surface area contributed by atoms with Gasteiger partial charge in [-0.3, -0.25) is 29.1 Å². The van der Waals surface area contributed by atoms with E-state index >= 15 is 0 Å². The second-order valence-electron chi connectivity index (χ2n) is 9.24. The lowest BCUT2D eigenvalue weighted by molar-refractivity contribution is -0.117. The van der Waals surface area contributed by atoms with Crippen LogP contribution in [0.15, 0.2) is 55.4 Å². The third-order valence-corrected chi connectivity index (χ3v) is 7.63. The molecular formula is C26H25N9O2S. The van der Waals surface area contributed by atoms with Crippen molar-refractivity contribution in [2.45, 2.75) is 19.9 Å². The maximum atomic E-state index is 13.2. The molecule has 0 radical (unpaired) electrons. The van der Waals surface area contributed by atoms with Gasteiger partial charge in [0.05, 0.1) is 58.3 Å². The number of nitrogens with one attached hydrogen (secondary N) is 2. The number of aryl methyl sites for hydroxylation is 2. The number of rotatable bonds is 6. The minimum atomic E-state index is -0.299. The first-order valence-electron chi connectivity index (χ1n) is 12.1. The SMILES string of the molecule is Cc1ncc(NC(=O)CN2CCc3cccnc3C2)cc1NC(=O)c1cnn2cc(-c3cnn(C)c3)sc12. The molecule has 0 spiro atoms. The Kier molecular flexibility index (Phi) is 6.18. The van der Waals surface area contributed by atoms with Crippen molar-refractivity contribution in [2.24, 2.45) is 7.05 Å². The molecule has 1 aliphatic heterocycles. The summed E-state index contributed by atoms with van der Waals surface area (Å²) in [6, 6.07) is 5.75. The van der Waals surface area contributed by atoms with E-state index in [1.54, 1.807) is 47.0 Å². The van der Waals surface area contributed by atoms with Crippen molar-refractivity contribution in [1.82, 2.24) is 34.3 Å². The van der Waals surface area contributed by atoms with E-state index in [9.17, 15) is 9.59 Å². The predicted molar refractivity (Wildman–Crippen MR) is 144 cm³/mol. The Hall–Kier alpha value is -4.42. The summed E-state index contributed by atoms with van der Waals surface area (Å²) in [7, 11) is 1.86. The number of aromatic nitrogens is 6. The number of hydrogen-bond donors (Lipinski definition) is 2. The number of carbonyl (C=O) groups is 2. The molecule has 5 aromatic rings. The Morgan fingerprint density at radius 1 is 1.11 bits per heavy atom. The molecule has 1 aliphatic rings. The van der Waals surface area contributed by atoms with Gasteiger partial charge in [0.25, 0.3) is 5.91 Å². The number of nitrogens with zero attached hydrogens (tertiary/aromatic N) is 7. The minimum Gasteiger partial charge on any atom is -0.324 e. The highest BCUT2D eigenvalue weighted by Crippen LogP contribution is 2.30. The van der Waals surface area contributed by atoms with Crippen LogP contribution >= 0.6 is 11.3 Å². The summed E-state index contributed by atoms with van der Waals surface area (Å²) in [5, 5.41) is 14.4. The molecule has 0 aromatic carbocycles. The lowest BCUT2D eigenvalue weighted by Gasteiger charge is -2.27. The molecule has 0 bridgehead atoms. The molecule has 38 heavy (non-hydrogen) atoms. The van der Waals surface area contributed by atoms with Crippen molar-refractivity contribution in [1.29, 1.82) is 0 Å². The number of thiazole rings is 1. The molecule has 0 aliphatic carbocycles. The van der Waals surface area contributed by atoms with Gasteiger partial charge in [-0.15, -0.1) is 11.3 Å². The Bertz CT molecular complexity index is 1670. The van der Waals surface area contributed by atoms with Gasteiger partial charge < -0.3 is 10.6 Å². The summed E-state index contributed by atoms with van der Waals surface area (Å²) in [6.07, 6.45) is 11.4. The Morgan fingerprint density at radius 3 is 2.84 bits per heavy atom. The standard InChI is InChI=1S/C26H25N9O2S/c1-16-21(32-25(37)20-11-30-35-14-23(38-26(20)35)18-9-29-33(2)12-18)8-19(10-28-16)31-24(36)15-34-7-5-17-4-3-6-27-22(17)13-34/h3-4,6,8-12,14H,5,7,13,15H2,1-2H3,(H,31,36)(H,32,37). The predicted octanol–water partition coefficient (Wildman–Crippen LogP) is 3.14. The fourth-order valence-electron chi connectivity index (χ4n) is 4.49. The van der Waals surface area contributed by atoms with Crippen LogP contribution in [-0.2, 0) is 24.8 Å². The topological polar surface area (TPSA) is 122 Å². The zero-order valence-corrected chi connectivity index (χ0v) is 21.7. The van der Waals surface area contributed by atoms with Crippen molar-refractivity contribution in [2.75, 3.05) is 23.7 Å². The maximum absolute atomic E-state index is 13.2. The first kappa shape index (κ1) is 23.9. The van der Waals surface area contributed by atoms with Crippen LogP contribution in [0.2, 0.25) is 0 Å². The van der Waals surface area contributed by atoms with Crippen LogP contribution in [0.25, 0.3) is 15.3 Å². The molecule has 0 saturated carbocycles. The number of fused-ring (bicyclic) bond motifs is 2. The highest BCUT2D eigenvalue weighted by Gasteiger charge is 2.20. The van der Waals surface area contributed by atoms with Gasteiger partial charge in [0.2, 0.25) is 5.91 Å². The monoisotopic (exact) mass is 527 g/mol. The molecule has 2 N–H and O–H groups in total. The van der Waals surface area contributed by atoms with Gasteiger partial charge in [0, 0.05) is 44.3 Å². The molecule has 5 aromatic heterocycles. The van der Waals surface area contributed by atoms with Gasteiger partial charge in [0.1, 0.15) is 4.83 Å². The van der Waals surface area contributed by atoms with Crippen molar-refractivity contribution >= 4 is 39.4 Å². The average molecular weight is 528 g/mol. The zero-order chi connectivity index (χ0) is 26.2. The second-order valence-corrected chi connectivity index (χ2v) is 10.3. The van der Waals surface area contributed by atoms with Crippen LogP contribution in [0, 0.1) is 6.92 Å². The molecule has 0 unspecified atom stereocenters. The molecule has 0 atom stereocenters. The second kappa shape index (κ2) is 9.80. The van der Waals surface area contributed by atoms with Crippen LogP contribution in [-0.4, -0.2) is 59.2 Å². The van der Waals surface area contributed by atoms with E-state index in [0.717, 1.165) is 33.9 Å². The maximum Gasteiger partial charge on any atom is 0.260 e. The summed E-state index contributed by atoms with van der Waals surface area (Å²) < 4.78 is 3.42. The Labute approximate surface area is 222 Å². The van der Waals surface area contributed by atoms with E-state index in [2.05, 4.69) is 41.8 Å².